The van der Waals surface area contributed by atoms with E-state index in [4.69, 9.17) is 0 Å². The number of nitrogens with zero attached hydrogens (tertiary/aromatic N) is 2. The van der Waals surface area contributed by atoms with E-state index in [2.05, 4.69) is 15.5 Å². The van der Waals surface area contributed by atoms with Gasteiger partial charge >= 0.3 is 0 Å². The Balaban J connectivity index is 2.00. The zero-order valence-electron chi connectivity index (χ0n) is 11.5. The van der Waals surface area contributed by atoms with Crippen LogP contribution < -0.4 is 5.32 Å². The van der Waals surface area contributed by atoms with E-state index < -0.39 is 5.82 Å². The van der Waals surface area contributed by atoms with Crippen LogP contribution >= 0.6 is 0 Å². The average Bonchev–Trinajstić information content (AvgIpc) is 2.84. The highest BCUT2D eigenvalue weighted by Gasteiger charge is 2.09. The highest BCUT2D eigenvalue weighted by Crippen LogP contribution is 2.16. The van der Waals surface area contributed by atoms with Gasteiger partial charge in [0.2, 0.25) is 5.91 Å². The number of aromatic amines is 1. The number of hydrogen-bond donors (Lipinski definition) is 2. The summed E-state index contributed by atoms with van der Waals surface area (Å²) in [5.41, 5.74) is 1.74. The molecule has 106 valence electrons. The van der Waals surface area contributed by atoms with Crippen LogP contribution in [0.15, 0.2) is 30.5 Å². The highest BCUT2D eigenvalue weighted by molar-refractivity contribution is 5.92. The summed E-state index contributed by atoms with van der Waals surface area (Å²) >= 11 is 0. The molecule has 0 radical (unpaired) electrons. The van der Waals surface area contributed by atoms with Gasteiger partial charge in [-0.3, -0.25) is 9.89 Å². The molecule has 2 N–H and O–H groups in total. The number of anilines is 1. The quantitative estimate of drug-likeness (QED) is 0.875. The number of halogens is 1. The molecule has 1 aromatic heterocycles. The Hall–Kier alpha value is -2.21. The smallest absolute Gasteiger partial charge is 0.230 e. The first-order valence-corrected chi connectivity index (χ1v) is 6.26. The van der Waals surface area contributed by atoms with E-state index >= 15 is 0 Å². The van der Waals surface area contributed by atoms with Crippen molar-refractivity contribution in [2.45, 2.75) is 13.0 Å². The van der Waals surface area contributed by atoms with Gasteiger partial charge in [0.05, 0.1) is 12.1 Å². The molecular weight excluding hydrogens is 259 g/mol. The maximum atomic E-state index is 13.9. The third-order valence-electron chi connectivity index (χ3n) is 2.72. The van der Waals surface area contributed by atoms with Crippen molar-refractivity contribution < 1.29 is 9.18 Å². The van der Waals surface area contributed by atoms with Gasteiger partial charge in [-0.05, 0) is 37.9 Å². The van der Waals surface area contributed by atoms with Crippen molar-refractivity contribution in [1.29, 1.82) is 0 Å². The normalized spacial score (nSPS) is 10.8. The third-order valence-corrected chi connectivity index (χ3v) is 2.72. The molecule has 2 aromatic rings. The van der Waals surface area contributed by atoms with Crippen molar-refractivity contribution in [3.05, 3.63) is 47.5 Å². The minimum Gasteiger partial charge on any atom is -0.323 e. The van der Waals surface area contributed by atoms with E-state index in [1.807, 2.05) is 19.0 Å². The van der Waals surface area contributed by atoms with Gasteiger partial charge in [0.25, 0.3) is 0 Å². The van der Waals surface area contributed by atoms with E-state index in [0.29, 0.717) is 12.2 Å². The summed E-state index contributed by atoms with van der Waals surface area (Å²) in [7, 11) is 3.83. The number of H-pyrrole nitrogens is 1. The Morgan fingerprint density at radius 1 is 1.40 bits per heavy atom. The summed E-state index contributed by atoms with van der Waals surface area (Å²) < 4.78 is 13.9. The number of carbonyl (C=O) groups excluding carboxylic acids is 1. The summed E-state index contributed by atoms with van der Waals surface area (Å²) in [5, 5.41) is 9.00. The van der Waals surface area contributed by atoms with Gasteiger partial charge in [-0.25, -0.2) is 4.39 Å². The van der Waals surface area contributed by atoms with E-state index in [1.165, 1.54) is 6.07 Å². The van der Waals surface area contributed by atoms with Crippen LogP contribution in [0.25, 0.3) is 0 Å². The number of aromatic nitrogens is 2. The SMILES string of the molecule is CN(C)Cc1ccc(NC(=O)Cc2ccn[nH]2)c(F)c1. The molecule has 2 rings (SSSR count). The van der Waals surface area contributed by atoms with Gasteiger partial charge in [0.15, 0.2) is 0 Å². The van der Waals surface area contributed by atoms with Gasteiger partial charge in [-0.1, -0.05) is 6.07 Å². The lowest BCUT2D eigenvalue weighted by Crippen LogP contribution is -2.16. The molecule has 0 unspecified atom stereocenters. The monoisotopic (exact) mass is 276 g/mol. The zero-order chi connectivity index (χ0) is 14.5. The lowest BCUT2D eigenvalue weighted by Gasteiger charge is -2.11. The van der Waals surface area contributed by atoms with E-state index in [1.54, 1.807) is 24.4 Å². The van der Waals surface area contributed by atoms with Gasteiger partial charge in [0.1, 0.15) is 5.82 Å². The Labute approximate surface area is 116 Å². The predicted molar refractivity (Wildman–Crippen MR) is 74.7 cm³/mol. The van der Waals surface area contributed by atoms with Crippen molar-refractivity contribution >= 4 is 11.6 Å². The maximum Gasteiger partial charge on any atom is 0.230 e. The second-order valence-corrected chi connectivity index (χ2v) is 4.86. The van der Waals surface area contributed by atoms with E-state index in [9.17, 15) is 9.18 Å². The molecule has 5 nitrogen and oxygen atoms in total. The summed E-state index contributed by atoms with van der Waals surface area (Å²) in [5.74, 6) is -0.712. The van der Waals surface area contributed by atoms with Gasteiger partial charge in [-0.2, -0.15) is 5.10 Å². The Morgan fingerprint density at radius 2 is 2.20 bits per heavy atom. The fourth-order valence-electron chi connectivity index (χ4n) is 1.87. The Kier molecular flexibility index (Phi) is 4.47. The third kappa shape index (κ3) is 3.89. The standard InChI is InChI=1S/C14H17FN4O/c1-19(2)9-10-3-4-13(12(15)7-10)17-14(20)8-11-5-6-16-18-11/h3-7H,8-9H2,1-2H3,(H,16,18)(H,17,20). The van der Waals surface area contributed by atoms with Crippen LogP contribution in [0.5, 0.6) is 0 Å². The average molecular weight is 276 g/mol. The lowest BCUT2D eigenvalue weighted by atomic mass is 10.2. The predicted octanol–water partition coefficient (Wildman–Crippen LogP) is 1.79. The van der Waals surface area contributed by atoms with Crippen LogP contribution in [0.4, 0.5) is 10.1 Å². The van der Waals surface area contributed by atoms with E-state index in [-0.39, 0.29) is 18.0 Å². The van der Waals surface area contributed by atoms with Crippen LogP contribution in [0, 0.1) is 5.82 Å². The molecule has 0 spiro atoms. The molecule has 0 bridgehead atoms. The molecular formula is C14H17FN4O. The van der Waals surface area contributed by atoms with Crippen molar-refractivity contribution in [3.8, 4) is 0 Å². The first-order chi connectivity index (χ1) is 9.54. The topological polar surface area (TPSA) is 61.0 Å². The molecule has 1 amide bonds. The molecule has 0 saturated heterocycles. The van der Waals surface area contributed by atoms with E-state index in [0.717, 1.165) is 5.56 Å². The lowest BCUT2D eigenvalue weighted by molar-refractivity contribution is -0.115. The second-order valence-electron chi connectivity index (χ2n) is 4.86. The second kappa shape index (κ2) is 6.29. The van der Waals surface area contributed by atoms with Crippen LogP contribution in [0.3, 0.4) is 0 Å². The van der Waals surface area contributed by atoms with Crippen molar-refractivity contribution in [2.75, 3.05) is 19.4 Å². The number of nitrogens with one attached hydrogen (secondary N) is 2. The first kappa shape index (κ1) is 14.2. The molecule has 0 saturated carbocycles. The molecule has 20 heavy (non-hydrogen) atoms. The molecule has 0 aliphatic heterocycles. The molecule has 0 aliphatic carbocycles. The van der Waals surface area contributed by atoms with Crippen molar-refractivity contribution in [1.82, 2.24) is 15.1 Å². The van der Waals surface area contributed by atoms with Crippen LogP contribution in [-0.2, 0) is 17.8 Å². The van der Waals surface area contributed by atoms with Crippen LogP contribution in [-0.4, -0.2) is 35.1 Å². The summed E-state index contributed by atoms with van der Waals surface area (Å²) in [6.07, 6.45) is 1.71. The van der Waals surface area contributed by atoms with Gasteiger partial charge in [-0.15, -0.1) is 0 Å². The molecule has 0 aliphatic rings. The number of carbonyl (C=O) groups is 1. The first-order valence-electron chi connectivity index (χ1n) is 6.26. The minimum atomic E-state index is -0.428. The summed E-state index contributed by atoms with van der Waals surface area (Å²) in [4.78, 5) is 13.7. The number of benzene rings is 1. The van der Waals surface area contributed by atoms with Gasteiger partial charge in [0, 0.05) is 18.4 Å². The minimum absolute atomic E-state index is 0.138. The van der Waals surface area contributed by atoms with Crippen LogP contribution in [0.2, 0.25) is 0 Å². The molecule has 1 heterocycles. The zero-order valence-corrected chi connectivity index (χ0v) is 11.5. The molecule has 0 fully saturated rings. The Bertz CT molecular complexity index is 581. The number of rotatable bonds is 5. The largest absolute Gasteiger partial charge is 0.323 e. The van der Waals surface area contributed by atoms with Crippen LogP contribution in [0.1, 0.15) is 11.3 Å². The highest BCUT2D eigenvalue weighted by atomic mass is 19.1. The summed E-state index contributed by atoms with van der Waals surface area (Å²) in [6.45, 7) is 0.652. The number of hydrogen-bond acceptors (Lipinski definition) is 3. The van der Waals surface area contributed by atoms with Crippen molar-refractivity contribution in [3.63, 3.8) is 0 Å². The fraction of sp³-hybridized carbons (Fsp3) is 0.286. The molecule has 6 heteroatoms. The maximum absolute atomic E-state index is 13.9. The van der Waals surface area contributed by atoms with Gasteiger partial charge < -0.3 is 10.2 Å². The summed E-state index contributed by atoms with van der Waals surface area (Å²) in [6, 6.07) is 6.52. The van der Waals surface area contributed by atoms with Crippen molar-refractivity contribution in [2.24, 2.45) is 0 Å². The fourth-order valence-corrected chi connectivity index (χ4v) is 1.87. The Morgan fingerprint density at radius 3 is 2.80 bits per heavy atom. The molecule has 0 atom stereocenters. The molecule has 1 aromatic carbocycles. The number of amides is 1.